The number of hydrogen-bond acceptors (Lipinski definition) is 2. The molecule has 1 aromatic rings. The van der Waals surface area contributed by atoms with Crippen molar-refractivity contribution in [3.05, 3.63) is 35.4 Å². The van der Waals surface area contributed by atoms with Crippen molar-refractivity contribution in [2.24, 2.45) is 11.7 Å². The van der Waals surface area contributed by atoms with E-state index in [4.69, 9.17) is 5.73 Å². The quantitative estimate of drug-likeness (QED) is 0.927. The van der Waals surface area contributed by atoms with Crippen LogP contribution in [0.25, 0.3) is 0 Å². The van der Waals surface area contributed by atoms with E-state index in [1.165, 1.54) is 23.1 Å². The smallest absolute Gasteiger partial charge is 0.369 e. The summed E-state index contributed by atoms with van der Waals surface area (Å²) >= 11 is 0. The molecule has 1 aromatic carbocycles. The van der Waals surface area contributed by atoms with Crippen molar-refractivity contribution in [3.63, 3.8) is 0 Å². The van der Waals surface area contributed by atoms with Crippen LogP contribution in [0.5, 0.6) is 0 Å². The Labute approximate surface area is 126 Å². The SMILES string of the molecule is NC(=O)[C@H]1CCCN(C(=O)Cc2ccccc2C(F)(F)F)C1. The van der Waals surface area contributed by atoms with Gasteiger partial charge in [0.2, 0.25) is 11.8 Å². The zero-order valence-corrected chi connectivity index (χ0v) is 11.9. The number of hydrogen-bond donors (Lipinski definition) is 1. The van der Waals surface area contributed by atoms with E-state index < -0.39 is 29.5 Å². The average Bonchev–Trinajstić information content (AvgIpc) is 2.46. The van der Waals surface area contributed by atoms with Crippen LogP contribution < -0.4 is 5.73 Å². The summed E-state index contributed by atoms with van der Waals surface area (Å²) in [5, 5.41) is 0. The van der Waals surface area contributed by atoms with Gasteiger partial charge in [-0.3, -0.25) is 9.59 Å². The Balaban J connectivity index is 2.11. The minimum atomic E-state index is -4.49. The Kier molecular flexibility index (Phi) is 4.73. The zero-order valence-electron chi connectivity index (χ0n) is 11.9. The molecular formula is C15H17F3N2O2. The van der Waals surface area contributed by atoms with Crippen molar-refractivity contribution in [2.45, 2.75) is 25.4 Å². The second-order valence-electron chi connectivity index (χ2n) is 5.41. The number of likely N-dealkylation sites (tertiary alicyclic amines) is 1. The van der Waals surface area contributed by atoms with Crippen LogP contribution in [0.15, 0.2) is 24.3 Å². The van der Waals surface area contributed by atoms with Crippen molar-refractivity contribution in [1.29, 1.82) is 0 Å². The normalized spacial score (nSPS) is 19.0. The highest BCUT2D eigenvalue weighted by Gasteiger charge is 2.34. The van der Waals surface area contributed by atoms with Gasteiger partial charge in [0.15, 0.2) is 0 Å². The maximum atomic E-state index is 12.9. The van der Waals surface area contributed by atoms with E-state index in [0.29, 0.717) is 19.4 Å². The predicted molar refractivity (Wildman–Crippen MR) is 73.6 cm³/mol. The summed E-state index contributed by atoms with van der Waals surface area (Å²) in [6.45, 7) is 0.624. The molecule has 1 atom stereocenters. The van der Waals surface area contributed by atoms with Crippen molar-refractivity contribution in [3.8, 4) is 0 Å². The standard InChI is InChI=1S/C15H17F3N2O2/c16-15(17,18)12-6-2-1-4-10(12)8-13(21)20-7-3-5-11(9-20)14(19)22/h1-2,4,6,11H,3,5,7-9H2,(H2,19,22)/t11-/m0/s1. The molecule has 2 rings (SSSR count). The second kappa shape index (κ2) is 6.37. The van der Waals surface area contributed by atoms with Gasteiger partial charge in [0.05, 0.1) is 17.9 Å². The molecular weight excluding hydrogens is 297 g/mol. The summed E-state index contributed by atoms with van der Waals surface area (Å²) < 4.78 is 38.8. The molecule has 0 spiro atoms. The fraction of sp³-hybridized carbons (Fsp3) is 0.467. The number of benzene rings is 1. The molecule has 2 amide bonds. The van der Waals surface area contributed by atoms with Crippen molar-refractivity contribution >= 4 is 11.8 Å². The Morgan fingerprint density at radius 1 is 1.27 bits per heavy atom. The Hall–Kier alpha value is -2.05. The van der Waals surface area contributed by atoms with Gasteiger partial charge in [-0.1, -0.05) is 18.2 Å². The molecule has 0 aliphatic carbocycles. The molecule has 0 bridgehead atoms. The maximum absolute atomic E-state index is 12.9. The first-order valence-electron chi connectivity index (χ1n) is 7.01. The molecule has 0 aromatic heterocycles. The van der Waals surface area contributed by atoms with Crippen LogP contribution in [-0.4, -0.2) is 29.8 Å². The minimum Gasteiger partial charge on any atom is -0.369 e. The van der Waals surface area contributed by atoms with E-state index in [1.807, 2.05) is 0 Å². The molecule has 4 nitrogen and oxygen atoms in total. The van der Waals surface area contributed by atoms with Crippen LogP contribution >= 0.6 is 0 Å². The number of nitrogens with zero attached hydrogens (tertiary/aromatic N) is 1. The lowest BCUT2D eigenvalue weighted by atomic mass is 9.96. The molecule has 0 radical (unpaired) electrons. The molecule has 1 aliphatic heterocycles. The van der Waals surface area contributed by atoms with Crippen LogP contribution in [-0.2, 0) is 22.2 Å². The van der Waals surface area contributed by atoms with Crippen LogP contribution in [0.1, 0.15) is 24.0 Å². The summed E-state index contributed by atoms with van der Waals surface area (Å²) in [6, 6.07) is 5.03. The first-order chi connectivity index (χ1) is 10.3. The van der Waals surface area contributed by atoms with Gasteiger partial charge in [0.1, 0.15) is 0 Å². The minimum absolute atomic E-state index is 0.0544. The third-order valence-corrected chi connectivity index (χ3v) is 3.84. The van der Waals surface area contributed by atoms with E-state index in [-0.39, 0.29) is 18.5 Å². The largest absolute Gasteiger partial charge is 0.416 e. The Morgan fingerprint density at radius 2 is 1.95 bits per heavy atom. The predicted octanol–water partition coefficient (Wildman–Crippen LogP) is 1.97. The summed E-state index contributed by atoms with van der Waals surface area (Å²) in [5.41, 5.74) is 4.38. The summed E-state index contributed by atoms with van der Waals surface area (Å²) in [5.74, 6) is -1.31. The third kappa shape index (κ3) is 3.78. The van der Waals surface area contributed by atoms with Gasteiger partial charge >= 0.3 is 6.18 Å². The fourth-order valence-corrected chi connectivity index (χ4v) is 2.66. The van der Waals surface area contributed by atoms with Gasteiger partial charge < -0.3 is 10.6 Å². The van der Waals surface area contributed by atoms with Crippen molar-refractivity contribution < 1.29 is 22.8 Å². The van der Waals surface area contributed by atoms with Crippen molar-refractivity contribution in [1.82, 2.24) is 4.90 Å². The van der Waals surface area contributed by atoms with E-state index in [9.17, 15) is 22.8 Å². The Morgan fingerprint density at radius 3 is 2.59 bits per heavy atom. The fourth-order valence-electron chi connectivity index (χ4n) is 2.66. The molecule has 1 heterocycles. The van der Waals surface area contributed by atoms with Crippen LogP contribution in [0.4, 0.5) is 13.2 Å². The number of alkyl halides is 3. The van der Waals surface area contributed by atoms with E-state index in [0.717, 1.165) is 6.07 Å². The van der Waals surface area contributed by atoms with Gasteiger partial charge in [0.25, 0.3) is 0 Å². The molecule has 0 unspecified atom stereocenters. The van der Waals surface area contributed by atoms with E-state index >= 15 is 0 Å². The summed E-state index contributed by atoms with van der Waals surface area (Å²) in [6.07, 6.45) is -3.59. The van der Waals surface area contributed by atoms with Crippen molar-refractivity contribution in [2.75, 3.05) is 13.1 Å². The van der Waals surface area contributed by atoms with Crippen LogP contribution in [0, 0.1) is 5.92 Å². The van der Waals surface area contributed by atoms with Crippen LogP contribution in [0.2, 0.25) is 0 Å². The number of halogens is 3. The lowest BCUT2D eigenvalue weighted by Crippen LogP contribution is -2.44. The lowest BCUT2D eigenvalue weighted by molar-refractivity contribution is -0.139. The highest BCUT2D eigenvalue weighted by molar-refractivity contribution is 5.81. The van der Waals surface area contributed by atoms with E-state index in [2.05, 4.69) is 0 Å². The first-order valence-corrected chi connectivity index (χ1v) is 7.01. The average molecular weight is 314 g/mol. The van der Waals surface area contributed by atoms with Gasteiger partial charge in [0, 0.05) is 13.1 Å². The van der Waals surface area contributed by atoms with Gasteiger partial charge in [-0.15, -0.1) is 0 Å². The number of primary amides is 1. The third-order valence-electron chi connectivity index (χ3n) is 3.84. The number of piperidine rings is 1. The topological polar surface area (TPSA) is 63.4 Å². The number of rotatable bonds is 3. The molecule has 0 saturated carbocycles. The molecule has 2 N–H and O–H groups in total. The zero-order chi connectivity index (χ0) is 16.3. The molecule has 1 fully saturated rings. The van der Waals surface area contributed by atoms with Gasteiger partial charge in [-0.2, -0.15) is 13.2 Å². The number of carbonyl (C=O) groups is 2. The Bertz CT molecular complexity index is 572. The van der Waals surface area contributed by atoms with Gasteiger partial charge in [-0.25, -0.2) is 0 Å². The number of nitrogens with two attached hydrogens (primary N) is 1. The molecule has 120 valence electrons. The van der Waals surface area contributed by atoms with Crippen LogP contribution in [0.3, 0.4) is 0 Å². The monoisotopic (exact) mass is 314 g/mol. The first kappa shape index (κ1) is 16.3. The summed E-state index contributed by atoms with van der Waals surface area (Å²) in [7, 11) is 0. The summed E-state index contributed by atoms with van der Waals surface area (Å²) in [4.78, 5) is 24.8. The lowest BCUT2D eigenvalue weighted by Gasteiger charge is -2.31. The maximum Gasteiger partial charge on any atom is 0.416 e. The number of carbonyl (C=O) groups excluding carboxylic acids is 2. The van der Waals surface area contributed by atoms with E-state index in [1.54, 1.807) is 0 Å². The molecule has 22 heavy (non-hydrogen) atoms. The molecule has 7 heteroatoms. The molecule has 1 saturated heterocycles. The highest BCUT2D eigenvalue weighted by Crippen LogP contribution is 2.32. The highest BCUT2D eigenvalue weighted by atomic mass is 19.4. The van der Waals surface area contributed by atoms with Gasteiger partial charge in [-0.05, 0) is 24.5 Å². The number of amides is 2. The molecule has 1 aliphatic rings. The second-order valence-corrected chi connectivity index (χ2v) is 5.41.